The van der Waals surface area contributed by atoms with E-state index in [1.165, 1.54) is 6.07 Å². The first-order chi connectivity index (χ1) is 11.5. The molecule has 0 fully saturated rings. The molecule has 2 aromatic carbocycles. The maximum absolute atomic E-state index is 12.0. The zero-order chi connectivity index (χ0) is 17.3. The van der Waals surface area contributed by atoms with Crippen LogP contribution < -0.4 is 10.6 Å². The molecule has 8 heteroatoms. The second-order valence-electron chi connectivity index (χ2n) is 5.08. The van der Waals surface area contributed by atoms with E-state index in [1.807, 2.05) is 0 Å². The van der Waals surface area contributed by atoms with Crippen molar-refractivity contribution in [1.82, 2.24) is 10.6 Å². The molecule has 0 saturated carbocycles. The zero-order valence-electron chi connectivity index (χ0n) is 12.1. The molecule has 6 nitrogen and oxygen atoms in total. The minimum Gasteiger partial charge on any atom is -0.321 e. The number of urea groups is 1. The molecule has 1 aliphatic rings. The highest BCUT2D eigenvalue weighted by Crippen LogP contribution is 2.35. The Morgan fingerprint density at radius 2 is 1.79 bits per heavy atom. The SMILES string of the molecule is O=C1NC(c2ccccc2)=C([N+](=O)[O-])C(c2ccc(Cl)cc2Cl)N1. The fourth-order valence-electron chi connectivity index (χ4n) is 2.54. The average molecular weight is 364 g/mol. The predicted octanol–water partition coefficient (Wildman–Crippen LogP) is 3.99. The Balaban J connectivity index is 2.20. The standard InChI is InChI=1S/C16H11Cl2N3O3/c17-10-6-7-11(12(18)8-10)14-15(21(23)24)13(19-16(22)20-14)9-4-2-1-3-5-9/h1-8,14H,(H2,19,20,22). The molecule has 2 amide bonds. The van der Waals surface area contributed by atoms with Crippen molar-refractivity contribution in [2.75, 3.05) is 0 Å². The lowest BCUT2D eigenvalue weighted by atomic mass is 9.98. The van der Waals surface area contributed by atoms with Gasteiger partial charge in [0.25, 0.3) is 5.70 Å². The van der Waals surface area contributed by atoms with Gasteiger partial charge in [0.2, 0.25) is 0 Å². The van der Waals surface area contributed by atoms with Gasteiger partial charge in [-0.15, -0.1) is 0 Å². The third-order valence-corrected chi connectivity index (χ3v) is 4.14. The van der Waals surface area contributed by atoms with E-state index in [4.69, 9.17) is 23.2 Å². The third kappa shape index (κ3) is 3.06. The molecule has 1 atom stereocenters. The van der Waals surface area contributed by atoms with E-state index in [0.29, 0.717) is 16.1 Å². The van der Waals surface area contributed by atoms with Crippen LogP contribution in [0.4, 0.5) is 4.79 Å². The third-order valence-electron chi connectivity index (χ3n) is 3.58. The van der Waals surface area contributed by atoms with Gasteiger partial charge in [-0.3, -0.25) is 10.1 Å². The Kier molecular flexibility index (Phi) is 4.42. The van der Waals surface area contributed by atoms with Crippen molar-refractivity contribution in [1.29, 1.82) is 0 Å². The molecule has 24 heavy (non-hydrogen) atoms. The fraction of sp³-hybridized carbons (Fsp3) is 0.0625. The monoisotopic (exact) mass is 363 g/mol. The van der Waals surface area contributed by atoms with Gasteiger partial charge < -0.3 is 10.6 Å². The van der Waals surface area contributed by atoms with Crippen molar-refractivity contribution >= 4 is 34.9 Å². The molecule has 3 rings (SSSR count). The highest BCUT2D eigenvalue weighted by molar-refractivity contribution is 6.35. The minimum atomic E-state index is -0.992. The molecule has 2 N–H and O–H groups in total. The number of halogens is 2. The Morgan fingerprint density at radius 1 is 1.08 bits per heavy atom. The first kappa shape index (κ1) is 16.3. The lowest BCUT2D eigenvalue weighted by Crippen LogP contribution is -2.45. The number of amides is 2. The molecule has 0 radical (unpaired) electrons. The number of nitro groups is 1. The quantitative estimate of drug-likeness (QED) is 0.638. The Bertz CT molecular complexity index is 853. The number of nitrogens with one attached hydrogen (secondary N) is 2. The van der Waals surface area contributed by atoms with E-state index >= 15 is 0 Å². The van der Waals surface area contributed by atoms with Crippen molar-refractivity contribution in [2.45, 2.75) is 6.04 Å². The average Bonchev–Trinajstić information content (AvgIpc) is 2.54. The van der Waals surface area contributed by atoms with Crippen LogP contribution in [0.15, 0.2) is 54.2 Å². The van der Waals surface area contributed by atoms with E-state index in [9.17, 15) is 14.9 Å². The Labute approximate surface area is 147 Å². The highest BCUT2D eigenvalue weighted by atomic mass is 35.5. The molecule has 1 aliphatic heterocycles. The van der Waals surface area contributed by atoms with E-state index in [-0.39, 0.29) is 16.4 Å². The van der Waals surface area contributed by atoms with Crippen molar-refractivity contribution < 1.29 is 9.72 Å². The molecular formula is C16H11Cl2N3O3. The van der Waals surface area contributed by atoms with E-state index in [0.717, 1.165) is 0 Å². The molecule has 0 saturated heterocycles. The molecule has 0 aromatic heterocycles. The van der Waals surface area contributed by atoms with Crippen molar-refractivity contribution in [2.24, 2.45) is 0 Å². The zero-order valence-corrected chi connectivity index (χ0v) is 13.6. The summed E-state index contributed by atoms with van der Waals surface area (Å²) >= 11 is 12.1. The summed E-state index contributed by atoms with van der Waals surface area (Å²) in [5.41, 5.74) is 0.885. The van der Waals surface area contributed by atoms with Gasteiger partial charge in [0.05, 0.1) is 4.92 Å². The van der Waals surface area contributed by atoms with E-state index in [2.05, 4.69) is 10.6 Å². The molecule has 2 aromatic rings. The number of benzene rings is 2. The lowest BCUT2D eigenvalue weighted by molar-refractivity contribution is -0.430. The first-order valence-corrected chi connectivity index (χ1v) is 7.69. The summed E-state index contributed by atoms with van der Waals surface area (Å²) in [6, 6.07) is 11.7. The topological polar surface area (TPSA) is 84.3 Å². The van der Waals surface area contributed by atoms with Crippen LogP contribution >= 0.6 is 23.2 Å². The van der Waals surface area contributed by atoms with Gasteiger partial charge in [-0.2, -0.15) is 0 Å². The van der Waals surface area contributed by atoms with Gasteiger partial charge in [-0.25, -0.2) is 4.79 Å². The van der Waals surface area contributed by atoms with Crippen molar-refractivity contribution in [3.63, 3.8) is 0 Å². The van der Waals surface area contributed by atoms with Crippen LogP contribution in [0.2, 0.25) is 10.0 Å². The molecule has 1 heterocycles. The van der Waals surface area contributed by atoms with Crippen LogP contribution in [0.25, 0.3) is 5.70 Å². The number of hydrogen-bond acceptors (Lipinski definition) is 3. The van der Waals surface area contributed by atoms with Crippen molar-refractivity contribution in [3.05, 3.63) is 85.5 Å². The summed E-state index contributed by atoms with van der Waals surface area (Å²) in [4.78, 5) is 23.2. The summed E-state index contributed by atoms with van der Waals surface area (Å²) < 4.78 is 0. The van der Waals surface area contributed by atoms with Crippen LogP contribution in [-0.2, 0) is 0 Å². The van der Waals surface area contributed by atoms with Crippen molar-refractivity contribution in [3.8, 4) is 0 Å². The van der Waals surface area contributed by atoms with Crippen LogP contribution in [0.5, 0.6) is 0 Å². The maximum Gasteiger partial charge on any atom is 0.320 e. The van der Waals surface area contributed by atoms with Gasteiger partial charge >= 0.3 is 6.03 Å². The van der Waals surface area contributed by atoms with Gasteiger partial charge in [-0.05, 0) is 12.1 Å². The summed E-state index contributed by atoms with van der Waals surface area (Å²) in [5, 5.41) is 17.4. The van der Waals surface area contributed by atoms with Gasteiger partial charge in [0.1, 0.15) is 5.70 Å². The Morgan fingerprint density at radius 3 is 2.42 bits per heavy atom. The van der Waals surface area contributed by atoms with Crippen LogP contribution in [-0.4, -0.2) is 11.0 Å². The lowest BCUT2D eigenvalue weighted by Gasteiger charge is -2.25. The van der Waals surface area contributed by atoms with Crippen LogP contribution in [0.1, 0.15) is 17.2 Å². The summed E-state index contributed by atoms with van der Waals surface area (Å²) in [7, 11) is 0. The van der Waals surface area contributed by atoms with Gasteiger partial charge in [-0.1, -0.05) is 59.6 Å². The molecular weight excluding hydrogens is 353 g/mol. The summed E-state index contributed by atoms with van der Waals surface area (Å²) in [6.45, 7) is 0. The second-order valence-corrected chi connectivity index (χ2v) is 5.92. The van der Waals surface area contributed by atoms with E-state index in [1.54, 1.807) is 42.5 Å². The predicted molar refractivity (Wildman–Crippen MR) is 91.2 cm³/mol. The fourth-order valence-corrected chi connectivity index (χ4v) is 3.06. The highest BCUT2D eigenvalue weighted by Gasteiger charge is 2.38. The van der Waals surface area contributed by atoms with Crippen LogP contribution in [0.3, 0.4) is 0 Å². The molecule has 0 spiro atoms. The van der Waals surface area contributed by atoms with Crippen LogP contribution in [0, 0.1) is 10.1 Å². The number of carbonyl (C=O) groups excluding carboxylic acids is 1. The molecule has 0 aliphatic carbocycles. The van der Waals surface area contributed by atoms with Gasteiger partial charge in [0.15, 0.2) is 6.04 Å². The normalized spacial score (nSPS) is 17.2. The van der Waals surface area contributed by atoms with E-state index < -0.39 is 17.0 Å². The first-order valence-electron chi connectivity index (χ1n) is 6.94. The largest absolute Gasteiger partial charge is 0.321 e. The summed E-state index contributed by atoms with van der Waals surface area (Å²) in [6.07, 6.45) is 0. The minimum absolute atomic E-state index is 0.139. The second kappa shape index (κ2) is 6.51. The smallest absolute Gasteiger partial charge is 0.320 e. The molecule has 1 unspecified atom stereocenters. The Hall–Kier alpha value is -2.57. The van der Waals surface area contributed by atoms with Gasteiger partial charge in [0, 0.05) is 21.2 Å². The maximum atomic E-state index is 12.0. The molecule has 122 valence electrons. The number of carbonyl (C=O) groups is 1. The molecule has 0 bridgehead atoms. The number of rotatable bonds is 3. The number of hydrogen-bond donors (Lipinski definition) is 2. The summed E-state index contributed by atoms with van der Waals surface area (Å²) in [5.74, 6) is 0. The number of nitrogens with zero attached hydrogens (tertiary/aromatic N) is 1.